The second-order valence-corrected chi connectivity index (χ2v) is 9.12. The summed E-state index contributed by atoms with van der Waals surface area (Å²) in [7, 11) is -4.51. The number of nitrogens with zero attached hydrogens (tertiary/aromatic N) is 1. The van der Waals surface area contributed by atoms with Gasteiger partial charge in [0.25, 0.3) is 0 Å². The molecular formula is C20H9ClF10N2O3S. The van der Waals surface area contributed by atoms with E-state index in [0.717, 1.165) is 12.1 Å². The van der Waals surface area contributed by atoms with E-state index in [4.69, 9.17) is 11.6 Å². The average molecular weight is 583 g/mol. The van der Waals surface area contributed by atoms with Gasteiger partial charge in [-0.1, -0.05) is 23.7 Å². The molecule has 3 rings (SSSR count). The minimum Gasteiger partial charge on any atom is -0.621 e. The van der Waals surface area contributed by atoms with E-state index in [9.17, 15) is 58.1 Å². The van der Waals surface area contributed by atoms with Crippen molar-refractivity contribution in [3.8, 4) is 0 Å². The highest BCUT2D eigenvalue weighted by Gasteiger charge is 2.73. The van der Waals surface area contributed by atoms with Crippen LogP contribution in [0, 0.1) is 5.21 Å². The quantitative estimate of drug-likeness (QED) is 0.318. The van der Waals surface area contributed by atoms with Crippen molar-refractivity contribution in [2.75, 3.05) is 0 Å². The number of carbonyl (C=O) groups is 1. The summed E-state index contributed by atoms with van der Waals surface area (Å²) in [5, 5.41) is 9.72. The van der Waals surface area contributed by atoms with Gasteiger partial charge in [0.1, 0.15) is 9.92 Å². The van der Waals surface area contributed by atoms with Crippen molar-refractivity contribution in [3.63, 3.8) is 0 Å². The van der Waals surface area contributed by atoms with Crippen LogP contribution in [0.5, 0.6) is 0 Å². The fourth-order valence-corrected chi connectivity index (χ4v) is 4.44. The number of carbonyl (C=O) groups excluding carboxylic acids is 1. The molecular weight excluding hydrogens is 574 g/mol. The maximum Gasteiger partial charge on any atom is 0.476 e. The SMILES string of the molecule is O=C(c1ccc2cccnc2c1)[NH+]([O-])c1c(Cl)cc(C(F)(C(F)(F)F)C(F)(F)F)cc1S(=O)C(F)(F)F. The predicted octanol–water partition coefficient (Wildman–Crippen LogP) is 5.66. The molecule has 3 aromatic rings. The lowest BCUT2D eigenvalue weighted by Gasteiger charge is -2.31. The summed E-state index contributed by atoms with van der Waals surface area (Å²) in [6.45, 7) is 0. The molecule has 2 atom stereocenters. The molecule has 17 heteroatoms. The summed E-state index contributed by atoms with van der Waals surface area (Å²) in [5.74, 6) is -1.61. The number of pyridine rings is 1. The Morgan fingerprint density at radius 1 is 0.919 bits per heavy atom. The molecule has 0 aliphatic rings. The van der Waals surface area contributed by atoms with E-state index in [1.165, 1.54) is 18.3 Å². The zero-order chi connectivity index (χ0) is 28.1. The molecule has 0 bridgehead atoms. The van der Waals surface area contributed by atoms with Gasteiger partial charge in [-0.25, -0.2) is 13.4 Å². The van der Waals surface area contributed by atoms with E-state index < -0.39 is 84.2 Å². The van der Waals surface area contributed by atoms with Gasteiger partial charge in [-0.05, 0) is 30.3 Å². The van der Waals surface area contributed by atoms with Gasteiger partial charge in [0.15, 0.2) is 16.5 Å². The first kappa shape index (κ1) is 28.7. The maximum absolute atomic E-state index is 14.5. The molecule has 0 aliphatic heterocycles. The molecule has 1 aromatic heterocycles. The molecule has 0 spiro atoms. The Bertz CT molecular complexity index is 1380. The van der Waals surface area contributed by atoms with Gasteiger partial charge in [0.05, 0.1) is 11.1 Å². The third kappa shape index (κ3) is 5.15. The van der Waals surface area contributed by atoms with Crippen LogP contribution < -0.4 is 5.06 Å². The van der Waals surface area contributed by atoms with Crippen LogP contribution in [0.2, 0.25) is 5.02 Å². The number of amides is 1. The van der Waals surface area contributed by atoms with Gasteiger partial charge in [-0.2, -0.15) is 39.5 Å². The number of aromatic nitrogens is 1. The van der Waals surface area contributed by atoms with Gasteiger partial charge in [-0.15, -0.1) is 0 Å². The smallest absolute Gasteiger partial charge is 0.476 e. The molecule has 1 heterocycles. The number of hydrogen-bond acceptors (Lipinski definition) is 4. The lowest BCUT2D eigenvalue weighted by Crippen LogP contribution is -3.05. The zero-order valence-electron chi connectivity index (χ0n) is 17.4. The van der Waals surface area contributed by atoms with E-state index in [1.54, 1.807) is 6.07 Å². The lowest BCUT2D eigenvalue weighted by molar-refractivity contribution is -0.681. The van der Waals surface area contributed by atoms with Crippen molar-refractivity contribution >= 4 is 44.9 Å². The summed E-state index contributed by atoms with van der Waals surface area (Å²) in [5.41, 5.74) is -16.6. The average Bonchev–Trinajstić information content (AvgIpc) is 2.79. The first-order valence-corrected chi connectivity index (χ1v) is 10.9. The van der Waals surface area contributed by atoms with Crippen molar-refractivity contribution in [3.05, 3.63) is 70.0 Å². The minimum absolute atomic E-state index is 0.138. The molecule has 2 aromatic carbocycles. The molecule has 5 nitrogen and oxygen atoms in total. The summed E-state index contributed by atoms with van der Waals surface area (Å²) in [6, 6.07) is 5.31. The standard InChI is InChI=1S/C20H9ClF10N2O3S/c21-12-7-11(17(22,18(23,24)25)19(26,27)28)8-14(37(36)20(29,30)31)15(12)33(35)16(34)10-4-3-9-2-1-5-32-13(9)6-10/h1-8,33H. The van der Waals surface area contributed by atoms with Gasteiger partial charge in [0.2, 0.25) is 0 Å². The van der Waals surface area contributed by atoms with E-state index >= 15 is 0 Å². The molecule has 1 amide bonds. The van der Waals surface area contributed by atoms with E-state index in [2.05, 4.69) is 4.98 Å². The Labute approximate surface area is 206 Å². The Balaban J connectivity index is 2.26. The number of quaternary nitrogens is 1. The lowest BCUT2D eigenvalue weighted by atomic mass is 9.94. The molecule has 37 heavy (non-hydrogen) atoms. The number of rotatable bonds is 4. The number of alkyl halides is 10. The second kappa shape index (κ2) is 9.49. The number of hydrogen-bond donors (Lipinski definition) is 1. The molecule has 0 aliphatic carbocycles. The number of halogens is 11. The van der Waals surface area contributed by atoms with Gasteiger partial charge < -0.3 is 5.21 Å². The van der Waals surface area contributed by atoms with Crippen LogP contribution in [0.25, 0.3) is 10.9 Å². The zero-order valence-corrected chi connectivity index (χ0v) is 18.9. The van der Waals surface area contributed by atoms with Crippen molar-refractivity contribution in [2.45, 2.75) is 28.4 Å². The summed E-state index contributed by atoms with van der Waals surface area (Å²) >= 11 is 5.57. The topological polar surface area (TPSA) is 74.5 Å². The fourth-order valence-electron chi connectivity index (χ4n) is 3.21. The molecule has 0 saturated carbocycles. The van der Waals surface area contributed by atoms with E-state index in [1.807, 2.05) is 0 Å². The fraction of sp³-hybridized carbons (Fsp3) is 0.200. The number of benzene rings is 2. The third-order valence-electron chi connectivity index (χ3n) is 4.94. The first-order valence-electron chi connectivity index (χ1n) is 9.39. The van der Waals surface area contributed by atoms with E-state index in [-0.39, 0.29) is 5.52 Å². The Kier molecular flexibility index (Phi) is 7.37. The highest BCUT2D eigenvalue weighted by atomic mass is 35.5. The predicted molar refractivity (Wildman–Crippen MR) is 109 cm³/mol. The Morgan fingerprint density at radius 3 is 2.05 bits per heavy atom. The second-order valence-electron chi connectivity index (χ2n) is 7.27. The molecule has 200 valence electrons. The first-order chi connectivity index (χ1) is 16.8. The van der Waals surface area contributed by atoms with Gasteiger partial charge >= 0.3 is 29.4 Å². The summed E-state index contributed by atoms with van der Waals surface area (Å²) in [4.78, 5) is 14.5. The largest absolute Gasteiger partial charge is 0.621 e. The van der Waals surface area contributed by atoms with E-state index in [0.29, 0.717) is 5.39 Å². The van der Waals surface area contributed by atoms with Crippen LogP contribution >= 0.6 is 11.6 Å². The van der Waals surface area contributed by atoms with Crippen molar-refractivity contribution in [2.24, 2.45) is 0 Å². The number of nitrogens with one attached hydrogen (secondary N) is 1. The van der Waals surface area contributed by atoms with Crippen LogP contribution in [-0.2, 0) is 16.5 Å². The normalized spacial score (nSPS) is 15.0. The minimum atomic E-state index is -6.76. The monoisotopic (exact) mass is 582 g/mol. The van der Waals surface area contributed by atoms with Crippen molar-refractivity contribution < 1.29 is 58.0 Å². The maximum atomic E-state index is 14.5. The van der Waals surface area contributed by atoms with Crippen LogP contribution in [-0.4, -0.2) is 33.0 Å². The van der Waals surface area contributed by atoms with Crippen LogP contribution in [0.3, 0.4) is 0 Å². The Morgan fingerprint density at radius 2 is 1.51 bits per heavy atom. The molecule has 1 N–H and O–H groups in total. The molecule has 0 fully saturated rings. The molecule has 0 saturated heterocycles. The highest BCUT2D eigenvalue weighted by Crippen LogP contribution is 2.54. The van der Waals surface area contributed by atoms with Crippen LogP contribution in [0.4, 0.5) is 49.6 Å². The number of fused-ring (bicyclic) bond motifs is 1. The molecule has 2 unspecified atom stereocenters. The number of hydroxylamine groups is 1. The van der Waals surface area contributed by atoms with Crippen molar-refractivity contribution in [1.29, 1.82) is 0 Å². The molecule has 0 radical (unpaired) electrons. The van der Waals surface area contributed by atoms with Crippen molar-refractivity contribution in [1.82, 2.24) is 4.98 Å². The van der Waals surface area contributed by atoms with Gasteiger partial charge in [0, 0.05) is 17.1 Å². The Hall–Kier alpha value is -2.82. The van der Waals surface area contributed by atoms with Crippen LogP contribution in [0.15, 0.2) is 53.6 Å². The summed E-state index contributed by atoms with van der Waals surface area (Å²) in [6.07, 6.45) is -12.2. The highest BCUT2D eigenvalue weighted by molar-refractivity contribution is 7.86. The third-order valence-corrected chi connectivity index (χ3v) is 6.38. The summed E-state index contributed by atoms with van der Waals surface area (Å²) < 4.78 is 145. The van der Waals surface area contributed by atoms with Crippen LogP contribution in [0.1, 0.15) is 15.9 Å². The van der Waals surface area contributed by atoms with Gasteiger partial charge in [-0.3, -0.25) is 10.0 Å².